The third kappa shape index (κ3) is 2.20. The summed E-state index contributed by atoms with van der Waals surface area (Å²) in [4.78, 5) is 29.6. The van der Waals surface area contributed by atoms with Gasteiger partial charge in [-0.3, -0.25) is 13.9 Å². The highest BCUT2D eigenvalue weighted by molar-refractivity contribution is 5.71. The second-order valence-electron chi connectivity index (χ2n) is 6.02. The molecule has 0 spiro atoms. The molecule has 7 heteroatoms. The van der Waals surface area contributed by atoms with Crippen molar-refractivity contribution in [2.24, 2.45) is 14.1 Å². The maximum atomic E-state index is 12.5. The van der Waals surface area contributed by atoms with Crippen LogP contribution in [0.15, 0.2) is 9.59 Å². The Hall–Kier alpha value is -1.89. The minimum Gasteiger partial charge on any atom is -0.325 e. The van der Waals surface area contributed by atoms with Gasteiger partial charge in [-0.15, -0.1) is 0 Å². The maximum absolute atomic E-state index is 12.5. The van der Waals surface area contributed by atoms with Crippen molar-refractivity contribution < 1.29 is 0 Å². The lowest BCUT2D eigenvalue weighted by Gasteiger charge is -2.21. The van der Waals surface area contributed by atoms with Gasteiger partial charge in [0, 0.05) is 26.6 Å². The third-order valence-electron chi connectivity index (χ3n) is 4.54. The van der Waals surface area contributed by atoms with E-state index in [0.717, 1.165) is 38.2 Å². The molecular weight excluding hydrogens is 282 g/mol. The number of aromatic nitrogens is 4. The van der Waals surface area contributed by atoms with E-state index in [1.165, 1.54) is 11.6 Å². The Kier molecular flexibility index (Phi) is 3.90. The molecule has 3 heterocycles. The summed E-state index contributed by atoms with van der Waals surface area (Å²) in [6, 6.07) is 0. The summed E-state index contributed by atoms with van der Waals surface area (Å²) in [5, 5.41) is 3.34. The first-order valence-corrected chi connectivity index (χ1v) is 7.93. The molecule has 2 aromatic heterocycles. The van der Waals surface area contributed by atoms with Crippen LogP contribution in [0.2, 0.25) is 0 Å². The van der Waals surface area contributed by atoms with Gasteiger partial charge in [-0.05, 0) is 32.4 Å². The van der Waals surface area contributed by atoms with Crippen LogP contribution in [-0.4, -0.2) is 31.8 Å². The van der Waals surface area contributed by atoms with E-state index < -0.39 is 0 Å². The smallest absolute Gasteiger partial charge is 0.325 e. The lowest BCUT2D eigenvalue weighted by atomic mass is 9.97. The molecule has 0 amide bonds. The van der Waals surface area contributed by atoms with Crippen LogP contribution in [0.1, 0.15) is 37.9 Å². The largest absolute Gasteiger partial charge is 0.332 e. The van der Waals surface area contributed by atoms with Crippen LogP contribution in [0.5, 0.6) is 0 Å². The molecule has 0 aromatic carbocycles. The first-order valence-electron chi connectivity index (χ1n) is 7.93. The van der Waals surface area contributed by atoms with Crippen LogP contribution in [0.3, 0.4) is 0 Å². The molecule has 0 aliphatic carbocycles. The Balaban J connectivity index is 2.28. The van der Waals surface area contributed by atoms with Gasteiger partial charge in [-0.25, -0.2) is 9.78 Å². The zero-order chi connectivity index (χ0) is 15.9. The predicted octanol–water partition coefficient (Wildman–Crippen LogP) is 0.311. The van der Waals surface area contributed by atoms with Crippen LogP contribution in [-0.2, 0) is 20.6 Å². The fraction of sp³-hybridized carbons (Fsp3) is 0.667. The van der Waals surface area contributed by atoms with Gasteiger partial charge in [-0.2, -0.15) is 0 Å². The minimum absolute atomic E-state index is 0.262. The number of nitrogens with one attached hydrogen (secondary N) is 1. The molecule has 2 aromatic rings. The van der Waals surface area contributed by atoms with Crippen molar-refractivity contribution >= 4 is 11.2 Å². The number of aryl methyl sites for hydroxylation is 2. The average molecular weight is 305 g/mol. The molecule has 1 saturated heterocycles. The second-order valence-corrected chi connectivity index (χ2v) is 6.02. The highest BCUT2D eigenvalue weighted by Gasteiger charge is 2.24. The van der Waals surface area contributed by atoms with Gasteiger partial charge >= 0.3 is 5.69 Å². The molecule has 7 nitrogen and oxygen atoms in total. The molecule has 1 N–H and O–H groups in total. The van der Waals surface area contributed by atoms with Crippen LogP contribution >= 0.6 is 0 Å². The highest BCUT2D eigenvalue weighted by Crippen LogP contribution is 2.25. The predicted molar refractivity (Wildman–Crippen MR) is 85.4 cm³/mol. The van der Waals surface area contributed by atoms with E-state index in [0.29, 0.717) is 23.6 Å². The summed E-state index contributed by atoms with van der Waals surface area (Å²) in [5.41, 5.74) is 0.520. The molecule has 1 fully saturated rings. The number of imidazole rings is 1. The Morgan fingerprint density at radius 2 is 1.86 bits per heavy atom. The van der Waals surface area contributed by atoms with Crippen molar-refractivity contribution in [2.75, 3.05) is 13.1 Å². The number of rotatable bonds is 3. The zero-order valence-corrected chi connectivity index (χ0v) is 13.4. The van der Waals surface area contributed by atoms with Gasteiger partial charge in [0.2, 0.25) is 0 Å². The van der Waals surface area contributed by atoms with Crippen molar-refractivity contribution in [3.05, 3.63) is 26.7 Å². The molecular formula is C15H23N5O2. The molecule has 0 saturated carbocycles. The van der Waals surface area contributed by atoms with E-state index in [1.807, 2.05) is 18.5 Å². The number of nitrogens with zero attached hydrogens (tertiary/aromatic N) is 4. The summed E-state index contributed by atoms with van der Waals surface area (Å²) < 4.78 is 4.70. The van der Waals surface area contributed by atoms with Gasteiger partial charge < -0.3 is 9.88 Å². The number of fused-ring (bicyclic) bond motifs is 1. The van der Waals surface area contributed by atoms with E-state index in [1.54, 1.807) is 4.57 Å². The monoisotopic (exact) mass is 305 g/mol. The minimum atomic E-state index is -0.283. The van der Waals surface area contributed by atoms with Crippen molar-refractivity contribution in [1.82, 2.24) is 24.0 Å². The van der Waals surface area contributed by atoms with Crippen molar-refractivity contribution in [2.45, 2.75) is 38.6 Å². The van der Waals surface area contributed by atoms with E-state index >= 15 is 0 Å². The molecule has 3 rings (SSSR count). The van der Waals surface area contributed by atoms with Crippen LogP contribution < -0.4 is 16.6 Å². The first-order chi connectivity index (χ1) is 10.6. The van der Waals surface area contributed by atoms with E-state index in [-0.39, 0.29) is 11.2 Å². The lowest BCUT2D eigenvalue weighted by Crippen LogP contribution is -2.38. The molecule has 0 atom stereocenters. The van der Waals surface area contributed by atoms with Crippen molar-refractivity contribution in [1.29, 1.82) is 0 Å². The van der Waals surface area contributed by atoms with Crippen molar-refractivity contribution in [3.63, 3.8) is 0 Å². The van der Waals surface area contributed by atoms with Gasteiger partial charge in [0.05, 0.1) is 0 Å². The van der Waals surface area contributed by atoms with E-state index in [2.05, 4.69) is 5.32 Å². The molecule has 0 radical (unpaired) electrons. The molecule has 0 bridgehead atoms. The molecule has 120 valence electrons. The number of piperidine rings is 1. The average Bonchev–Trinajstić information content (AvgIpc) is 2.88. The van der Waals surface area contributed by atoms with E-state index in [4.69, 9.17) is 4.98 Å². The normalized spacial score (nSPS) is 16.5. The molecule has 0 unspecified atom stereocenters. The Morgan fingerprint density at radius 3 is 2.50 bits per heavy atom. The van der Waals surface area contributed by atoms with Crippen molar-refractivity contribution in [3.8, 4) is 0 Å². The summed E-state index contributed by atoms with van der Waals surface area (Å²) in [7, 11) is 3.42. The molecule has 1 aliphatic rings. The zero-order valence-electron chi connectivity index (χ0n) is 13.4. The SMILES string of the molecule is CCCn1c(=O)n(C)c(=O)c2c1nc(C1CCNCC1)n2C. The Labute approximate surface area is 128 Å². The van der Waals surface area contributed by atoms with E-state index in [9.17, 15) is 9.59 Å². The van der Waals surface area contributed by atoms with Crippen LogP contribution in [0, 0.1) is 0 Å². The van der Waals surface area contributed by atoms with Gasteiger partial charge in [0.25, 0.3) is 5.56 Å². The number of hydrogen-bond donors (Lipinski definition) is 1. The quantitative estimate of drug-likeness (QED) is 0.886. The number of hydrogen-bond acceptors (Lipinski definition) is 4. The van der Waals surface area contributed by atoms with Crippen LogP contribution in [0.4, 0.5) is 0 Å². The summed E-state index contributed by atoms with van der Waals surface area (Å²) in [6.45, 7) is 4.52. The van der Waals surface area contributed by atoms with Gasteiger partial charge in [0.1, 0.15) is 5.82 Å². The van der Waals surface area contributed by atoms with Crippen LogP contribution in [0.25, 0.3) is 11.2 Å². The highest BCUT2D eigenvalue weighted by atomic mass is 16.2. The summed E-state index contributed by atoms with van der Waals surface area (Å²) in [6.07, 6.45) is 2.84. The standard InChI is InChI=1S/C15H23N5O2/c1-4-9-20-13-11(14(21)19(3)15(20)22)18(2)12(17-13)10-5-7-16-8-6-10/h10,16H,4-9H2,1-3H3. The lowest BCUT2D eigenvalue weighted by molar-refractivity contribution is 0.438. The maximum Gasteiger partial charge on any atom is 0.332 e. The third-order valence-corrected chi connectivity index (χ3v) is 4.54. The first kappa shape index (κ1) is 15.0. The molecule has 1 aliphatic heterocycles. The van der Waals surface area contributed by atoms with Gasteiger partial charge in [-0.1, -0.05) is 6.92 Å². The second kappa shape index (κ2) is 5.72. The Morgan fingerprint density at radius 1 is 1.18 bits per heavy atom. The summed E-state index contributed by atoms with van der Waals surface area (Å²) in [5.74, 6) is 1.26. The topological polar surface area (TPSA) is 73.8 Å². The Bertz CT molecular complexity index is 808. The molecule has 22 heavy (non-hydrogen) atoms. The summed E-state index contributed by atoms with van der Waals surface area (Å²) >= 11 is 0. The fourth-order valence-corrected chi connectivity index (χ4v) is 3.32. The fourth-order valence-electron chi connectivity index (χ4n) is 3.32. The van der Waals surface area contributed by atoms with Gasteiger partial charge in [0.15, 0.2) is 11.2 Å².